The zero-order valence-electron chi connectivity index (χ0n) is 37.4. The summed E-state index contributed by atoms with van der Waals surface area (Å²) in [5.74, 6) is 0.00924. The van der Waals surface area contributed by atoms with Gasteiger partial charge in [0.2, 0.25) is 0 Å². The number of rotatable bonds is 17. The zero-order chi connectivity index (χ0) is 40.4. The van der Waals surface area contributed by atoms with Crippen LogP contribution in [0.5, 0.6) is 0 Å². The van der Waals surface area contributed by atoms with E-state index in [9.17, 15) is 0 Å². The summed E-state index contributed by atoms with van der Waals surface area (Å²) in [5.41, 5.74) is 16.5. The second-order valence-corrected chi connectivity index (χ2v) is 61.8. The van der Waals surface area contributed by atoms with E-state index in [1.54, 1.807) is 66.0 Å². The molecule has 0 amide bonds. The molecule has 0 bridgehead atoms. The van der Waals surface area contributed by atoms with Gasteiger partial charge in [-0.05, 0) is 0 Å². The summed E-state index contributed by atoms with van der Waals surface area (Å²) in [6.07, 6.45) is 13.0. The molecule has 2 heteroatoms. The van der Waals surface area contributed by atoms with E-state index < -0.39 is 23.7 Å². The molecule has 0 N–H and O–H groups in total. The molecule has 6 rings (SSSR count). The first-order valence-corrected chi connectivity index (χ1v) is 40.1. The molecule has 4 aromatic carbocycles. The Morgan fingerprint density at radius 2 is 0.875 bits per heavy atom. The van der Waals surface area contributed by atoms with Gasteiger partial charge < -0.3 is 0 Å². The van der Waals surface area contributed by atoms with Crippen molar-refractivity contribution in [3.8, 4) is 0 Å². The number of fused-ring (bicyclic) bond motifs is 2. The van der Waals surface area contributed by atoms with Gasteiger partial charge in [-0.15, -0.1) is 0 Å². The van der Waals surface area contributed by atoms with Crippen LogP contribution in [-0.2, 0) is 17.7 Å². The van der Waals surface area contributed by atoms with Gasteiger partial charge in [-0.1, -0.05) is 0 Å². The normalized spacial score (nSPS) is 17.5. The van der Waals surface area contributed by atoms with Crippen LogP contribution in [0.15, 0.2) is 96.1 Å². The van der Waals surface area contributed by atoms with Crippen LogP contribution in [0.25, 0.3) is 12.2 Å². The van der Waals surface area contributed by atoms with Crippen molar-refractivity contribution in [2.24, 2.45) is 0 Å². The van der Waals surface area contributed by atoms with Crippen molar-refractivity contribution >= 4 is 28.5 Å². The second kappa shape index (κ2) is 17.7. The van der Waals surface area contributed by atoms with E-state index in [1.165, 1.54) is 34.0 Å². The van der Waals surface area contributed by atoms with Crippen LogP contribution in [0.1, 0.15) is 197 Å². The van der Waals surface area contributed by atoms with Crippen LogP contribution in [0.3, 0.4) is 0 Å². The van der Waals surface area contributed by atoms with E-state index >= 15 is 0 Å². The standard InChI is InChI=1S/2C17H23.C12H11Si.2C4H9.Hf/c2*1-6-13-7-15-9-14(11(2)3)10-16(12(4)5)17(15)8-13;1-3-7-11(8-4-1)13-12-9-5-2-6-10-12;2*1-3-4-2;/h2*7-12H,6H2,1-5H3;1-10,13H;2*1,3-4H2,2H3;. The molecule has 0 saturated carbocycles. The SMILES string of the molecule is CCC[CH2][Hf]([CH2]CCC)([CH]1C(CC)=Cc2c(C(C)C)cc(C(C)C)cc21)([CH]1C(CC)=Cc2c(C(C)C)cc(C(C)C)cc21)[SiH](c1ccccc1)c1ccccc1. The summed E-state index contributed by atoms with van der Waals surface area (Å²) in [5, 5.41) is 3.42. The Morgan fingerprint density at radius 3 is 1.18 bits per heavy atom. The fourth-order valence-electron chi connectivity index (χ4n) is 12.2. The van der Waals surface area contributed by atoms with Crippen molar-refractivity contribution in [3.05, 3.63) is 141 Å². The van der Waals surface area contributed by atoms with Crippen molar-refractivity contribution in [1.82, 2.24) is 0 Å². The van der Waals surface area contributed by atoms with E-state index in [4.69, 9.17) is 0 Å². The third kappa shape index (κ3) is 7.35. The second-order valence-electron chi connectivity index (χ2n) is 19.3. The van der Waals surface area contributed by atoms with Crippen LogP contribution < -0.4 is 10.4 Å². The van der Waals surface area contributed by atoms with E-state index in [0.717, 1.165) is 12.8 Å². The van der Waals surface area contributed by atoms with Gasteiger partial charge in [0.25, 0.3) is 0 Å². The maximum atomic E-state index is 2.80. The molecule has 4 aromatic rings. The topological polar surface area (TPSA) is 0 Å². The molecule has 2 aliphatic rings. The molecular weight excluding hydrogens is 855 g/mol. The molecule has 0 aliphatic heterocycles. The molecular formula is C54H75HfSi. The van der Waals surface area contributed by atoms with Gasteiger partial charge in [0, 0.05) is 0 Å². The first-order valence-electron chi connectivity index (χ1n) is 22.9. The summed E-state index contributed by atoms with van der Waals surface area (Å²) >= 11 is -4.83. The summed E-state index contributed by atoms with van der Waals surface area (Å²) in [6, 6.07) is 35.4. The molecule has 2 aliphatic carbocycles. The molecule has 0 radical (unpaired) electrons. The Bertz CT molecular complexity index is 1880. The van der Waals surface area contributed by atoms with Crippen LogP contribution in [0.4, 0.5) is 0 Å². The van der Waals surface area contributed by atoms with Gasteiger partial charge in [0.1, 0.15) is 0 Å². The average molecular weight is 931 g/mol. The van der Waals surface area contributed by atoms with Crippen LogP contribution >= 0.6 is 0 Å². The molecule has 0 aromatic heterocycles. The van der Waals surface area contributed by atoms with Crippen molar-refractivity contribution < 1.29 is 17.7 Å². The molecule has 0 nitrogen and oxygen atoms in total. The van der Waals surface area contributed by atoms with E-state index in [-0.39, 0.29) is 0 Å². The first kappa shape index (κ1) is 43.0. The summed E-state index contributed by atoms with van der Waals surface area (Å²) < 4.78 is 3.97. The predicted octanol–water partition coefficient (Wildman–Crippen LogP) is 15.2. The summed E-state index contributed by atoms with van der Waals surface area (Å²) in [7, 11) is 0. The van der Waals surface area contributed by atoms with Gasteiger partial charge >= 0.3 is 348 Å². The number of unbranched alkanes of at least 4 members (excludes halogenated alkanes) is 2. The quantitative estimate of drug-likeness (QED) is 0.0926. The molecule has 2 atom stereocenters. The van der Waals surface area contributed by atoms with Gasteiger partial charge in [-0.2, -0.15) is 0 Å². The van der Waals surface area contributed by atoms with Crippen LogP contribution in [0.2, 0.25) is 8.35 Å². The molecule has 56 heavy (non-hydrogen) atoms. The third-order valence-corrected chi connectivity index (χ3v) is 78.5. The molecule has 2 unspecified atom stereocenters. The molecule has 0 spiro atoms. The molecule has 0 heterocycles. The Hall–Kier alpha value is -2.55. The monoisotopic (exact) mass is 932 g/mol. The fraction of sp³-hybridized carbons (Fsp3) is 0.481. The zero-order valence-corrected chi connectivity index (χ0v) is 42.2. The van der Waals surface area contributed by atoms with Crippen molar-refractivity contribution in [3.63, 3.8) is 0 Å². The van der Waals surface area contributed by atoms with Gasteiger partial charge in [0.05, 0.1) is 0 Å². The minimum absolute atomic E-state index is 0.486. The molecule has 299 valence electrons. The Balaban J connectivity index is 1.94. The van der Waals surface area contributed by atoms with Gasteiger partial charge in [-0.25, -0.2) is 0 Å². The number of hydrogen-bond acceptors (Lipinski definition) is 0. The number of hydrogen-bond donors (Lipinski definition) is 0. The third-order valence-electron chi connectivity index (χ3n) is 14.7. The summed E-state index contributed by atoms with van der Waals surface area (Å²) in [6.45, 7) is 29.6. The maximum absolute atomic E-state index is 4.83. The Kier molecular flexibility index (Phi) is 13.6. The van der Waals surface area contributed by atoms with Gasteiger partial charge in [0.15, 0.2) is 0 Å². The number of benzene rings is 4. The first-order chi connectivity index (χ1) is 26.9. The van der Waals surface area contributed by atoms with Crippen molar-refractivity contribution in [2.75, 3.05) is 0 Å². The summed E-state index contributed by atoms with van der Waals surface area (Å²) in [4.78, 5) is 0. The van der Waals surface area contributed by atoms with Crippen LogP contribution in [-0.4, -0.2) is 5.98 Å². The van der Waals surface area contributed by atoms with Crippen LogP contribution in [0, 0.1) is 0 Å². The van der Waals surface area contributed by atoms with Crippen molar-refractivity contribution in [1.29, 1.82) is 0 Å². The molecule has 0 saturated heterocycles. The predicted molar refractivity (Wildman–Crippen MR) is 250 cm³/mol. The van der Waals surface area contributed by atoms with Crippen molar-refractivity contribution in [2.45, 2.75) is 161 Å². The van der Waals surface area contributed by atoms with E-state index in [2.05, 4.69) is 180 Å². The minimum atomic E-state index is -4.83. The Labute approximate surface area is 345 Å². The van der Waals surface area contributed by atoms with E-state index in [1.807, 2.05) is 0 Å². The average Bonchev–Trinajstić information content (AvgIpc) is 3.78. The fourth-order valence-corrected chi connectivity index (χ4v) is 93.9. The number of allylic oxidation sites excluding steroid dienone is 2. The van der Waals surface area contributed by atoms with E-state index in [0.29, 0.717) is 31.0 Å². The Morgan fingerprint density at radius 1 is 0.500 bits per heavy atom. The van der Waals surface area contributed by atoms with Gasteiger partial charge in [-0.3, -0.25) is 0 Å². The molecule has 0 fully saturated rings.